The fraction of sp³-hybridized carbons (Fsp3) is 0.636. The largest absolute Gasteiger partial charge is 0.494 e. The van der Waals surface area contributed by atoms with E-state index in [1.165, 1.54) is 6.07 Å². The fourth-order valence-electron chi connectivity index (χ4n) is 1.83. The quantitative estimate of drug-likeness (QED) is 0.825. The van der Waals surface area contributed by atoms with Crippen LogP contribution in [0.3, 0.4) is 0 Å². The Morgan fingerprint density at radius 3 is 2.62 bits per heavy atom. The van der Waals surface area contributed by atoms with E-state index in [1.807, 2.05) is 13.8 Å². The van der Waals surface area contributed by atoms with Crippen molar-refractivity contribution in [1.29, 1.82) is 0 Å². The van der Waals surface area contributed by atoms with Crippen molar-refractivity contribution in [3.63, 3.8) is 0 Å². The summed E-state index contributed by atoms with van der Waals surface area (Å²) in [5.74, 6) is -0.0579. The minimum absolute atomic E-state index is 0.0579. The van der Waals surface area contributed by atoms with Gasteiger partial charge in [-0.3, -0.25) is 13.9 Å². The van der Waals surface area contributed by atoms with Crippen LogP contribution in [0.15, 0.2) is 10.9 Å². The Labute approximate surface area is 100 Å². The van der Waals surface area contributed by atoms with E-state index < -0.39 is 0 Å². The molecule has 0 aromatic carbocycles. The molecule has 0 saturated carbocycles. The van der Waals surface area contributed by atoms with Gasteiger partial charge in [-0.15, -0.1) is 0 Å². The maximum absolute atomic E-state index is 11.8. The van der Waals surface area contributed by atoms with Crippen LogP contribution in [0.1, 0.15) is 39.7 Å². The van der Waals surface area contributed by atoms with Crippen molar-refractivity contribution in [3.8, 4) is 5.88 Å². The normalized spacial score (nSPS) is 12.7. The second kappa shape index (κ2) is 5.30. The van der Waals surface area contributed by atoms with E-state index >= 15 is 0 Å². The number of aromatic nitrogens is 2. The number of hydrogen-bond donors (Lipinski definition) is 1. The molecule has 1 aromatic rings. The lowest BCUT2D eigenvalue weighted by atomic mass is 10.2. The molecule has 0 aliphatic rings. The van der Waals surface area contributed by atoms with Crippen LogP contribution in [-0.2, 0) is 6.54 Å². The Kier molecular flexibility index (Phi) is 4.29. The topological polar surface area (TPSA) is 47.2 Å². The van der Waals surface area contributed by atoms with Crippen LogP contribution < -0.4 is 5.56 Å². The van der Waals surface area contributed by atoms with Crippen LogP contribution in [0.25, 0.3) is 0 Å². The van der Waals surface area contributed by atoms with E-state index in [-0.39, 0.29) is 17.5 Å². The Morgan fingerprint density at radius 1 is 1.50 bits per heavy atom. The summed E-state index contributed by atoms with van der Waals surface area (Å²) in [7, 11) is 0. The molecule has 0 fully saturated rings. The minimum Gasteiger partial charge on any atom is -0.494 e. The lowest BCUT2D eigenvalue weighted by Crippen LogP contribution is -2.26. The predicted molar refractivity (Wildman–Crippen MR) is 66.5 cm³/mol. The van der Waals surface area contributed by atoms with E-state index in [0.29, 0.717) is 11.3 Å². The SMILES string of the molecule is CCCC(C)n1c(=O)cc(O)n(CC)c1=S. The zero-order chi connectivity index (χ0) is 12.3. The molecule has 1 unspecified atom stereocenters. The molecule has 90 valence electrons. The van der Waals surface area contributed by atoms with Gasteiger partial charge in [-0.05, 0) is 32.5 Å². The fourth-order valence-corrected chi connectivity index (χ4v) is 2.32. The van der Waals surface area contributed by atoms with Gasteiger partial charge in [0.1, 0.15) is 0 Å². The van der Waals surface area contributed by atoms with Crippen molar-refractivity contribution in [2.45, 2.75) is 46.2 Å². The van der Waals surface area contributed by atoms with Crippen molar-refractivity contribution >= 4 is 12.2 Å². The first-order valence-corrected chi connectivity index (χ1v) is 5.99. The third-order valence-corrected chi connectivity index (χ3v) is 3.08. The molecule has 0 radical (unpaired) electrons. The third-order valence-electron chi connectivity index (χ3n) is 2.67. The van der Waals surface area contributed by atoms with Crippen LogP contribution in [0, 0.1) is 4.77 Å². The minimum atomic E-state index is -0.229. The van der Waals surface area contributed by atoms with Crippen molar-refractivity contribution in [1.82, 2.24) is 9.13 Å². The average molecular weight is 242 g/mol. The standard InChI is InChI=1S/C11H18N2O2S/c1-4-6-8(3)13-10(15)7-9(14)12(5-2)11(13)16/h7-8,14H,4-6H2,1-3H3. The summed E-state index contributed by atoms with van der Waals surface area (Å²) in [5.41, 5.74) is -0.229. The van der Waals surface area contributed by atoms with Gasteiger partial charge in [0, 0.05) is 12.6 Å². The van der Waals surface area contributed by atoms with Gasteiger partial charge in [-0.1, -0.05) is 13.3 Å². The average Bonchev–Trinajstić information content (AvgIpc) is 2.17. The molecule has 0 bridgehead atoms. The van der Waals surface area contributed by atoms with Gasteiger partial charge in [0.25, 0.3) is 5.56 Å². The Balaban J connectivity index is 3.40. The summed E-state index contributed by atoms with van der Waals surface area (Å²) < 4.78 is 3.53. The van der Waals surface area contributed by atoms with Crippen molar-refractivity contribution < 1.29 is 5.11 Å². The molecule has 1 aromatic heterocycles. The highest BCUT2D eigenvalue weighted by molar-refractivity contribution is 7.71. The van der Waals surface area contributed by atoms with Gasteiger partial charge in [-0.25, -0.2) is 0 Å². The molecule has 0 saturated heterocycles. The highest BCUT2D eigenvalue weighted by atomic mass is 32.1. The maximum atomic E-state index is 11.8. The van der Waals surface area contributed by atoms with Crippen LogP contribution >= 0.6 is 12.2 Å². The van der Waals surface area contributed by atoms with Crippen molar-refractivity contribution in [3.05, 3.63) is 21.2 Å². The first-order valence-electron chi connectivity index (χ1n) is 5.58. The predicted octanol–water partition coefficient (Wildman–Crippen LogP) is 2.47. The van der Waals surface area contributed by atoms with Crippen molar-refractivity contribution in [2.75, 3.05) is 0 Å². The van der Waals surface area contributed by atoms with Gasteiger partial charge in [0.2, 0.25) is 0 Å². The first kappa shape index (κ1) is 13.0. The zero-order valence-electron chi connectivity index (χ0n) is 9.93. The van der Waals surface area contributed by atoms with Crippen LogP contribution in [-0.4, -0.2) is 14.2 Å². The molecular weight excluding hydrogens is 224 g/mol. The van der Waals surface area contributed by atoms with E-state index in [9.17, 15) is 9.90 Å². The van der Waals surface area contributed by atoms with Crippen LogP contribution in [0.4, 0.5) is 0 Å². The Hall–Kier alpha value is -1.10. The smallest absolute Gasteiger partial charge is 0.258 e. The molecule has 1 atom stereocenters. The van der Waals surface area contributed by atoms with E-state index in [0.717, 1.165) is 12.8 Å². The first-order chi connectivity index (χ1) is 7.52. The van der Waals surface area contributed by atoms with Crippen LogP contribution in [0.5, 0.6) is 5.88 Å². The van der Waals surface area contributed by atoms with Gasteiger partial charge in [0.05, 0.1) is 6.07 Å². The number of hydrogen-bond acceptors (Lipinski definition) is 3. The van der Waals surface area contributed by atoms with Gasteiger partial charge in [0.15, 0.2) is 10.7 Å². The second-order valence-electron chi connectivity index (χ2n) is 3.88. The van der Waals surface area contributed by atoms with Gasteiger partial charge < -0.3 is 5.11 Å². The lowest BCUT2D eigenvalue weighted by Gasteiger charge is -2.17. The second-order valence-corrected chi connectivity index (χ2v) is 4.24. The molecule has 1 heterocycles. The van der Waals surface area contributed by atoms with E-state index in [4.69, 9.17) is 12.2 Å². The summed E-state index contributed by atoms with van der Waals surface area (Å²) in [6.45, 7) is 6.48. The molecule has 0 aliphatic carbocycles. The molecule has 16 heavy (non-hydrogen) atoms. The molecule has 0 aliphatic heterocycles. The summed E-state index contributed by atoms with van der Waals surface area (Å²) >= 11 is 5.22. The highest BCUT2D eigenvalue weighted by Crippen LogP contribution is 2.14. The molecule has 1 N–H and O–H groups in total. The molecule has 1 rings (SSSR count). The molecular formula is C11H18N2O2S. The summed E-state index contributed by atoms with van der Waals surface area (Å²) in [4.78, 5) is 11.8. The van der Waals surface area contributed by atoms with E-state index in [2.05, 4.69) is 6.92 Å². The number of nitrogens with zero attached hydrogens (tertiary/aromatic N) is 2. The third kappa shape index (κ3) is 2.35. The summed E-state index contributed by atoms with van der Waals surface area (Å²) in [6, 6.07) is 1.30. The Morgan fingerprint density at radius 2 is 2.12 bits per heavy atom. The van der Waals surface area contributed by atoms with Gasteiger partial charge in [-0.2, -0.15) is 0 Å². The molecule has 5 heteroatoms. The van der Waals surface area contributed by atoms with Crippen LogP contribution in [0.2, 0.25) is 0 Å². The number of aromatic hydroxyl groups is 1. The maximum Gasteiger partial charge on any atom is 0.258 e. The monoisotopic (exact) mass is 242 g/mol. The summed E-state index contributed by atoms with van der Waals surface area (Å²) in [6.07, 6.45) is 1.90. The molecule has 0 spiro atoms. The Bertz CT molecular complexity index is 476. The lowest BCUT2D eigenvalue weighted by molar-refractivity contribution is 0.385. The zero-order valence-corrected chi connectivity index (χ0v) is 10.8. The van der Waals surface area contributed by atoms with Crippen molar-refractivity contribution in [2.24, 2.45) is 0 Å². The molecule has 4 nitrogen and oxygen atoms in total. The van der Waals surface area contributed by atoms with Gasteiger partial charge >= 0.3 is 0 Å². The van der Waals surface area contributed by atoms with E-state index in [1.54, 1.807) is 9.13 Å². The molecule has 0 amide bonds. The number of rotatable bonds is 4. The summed E-state index contributed by atoms with van der Waals surface area (Å²) in [5, 5.41) is 9.59. The highest BCUT2D eigenvalue weighted by Gasteiger charge is 2.11.